The van der Waals surface area contributed by atoms with Crippen molar-refractivity contribution in [3.8, 4) is 0 Å². The minimum Gasteiger partial charge on any atom is -0.356 e. The zero-order valence-corrected chi connectivity index (χ0v) is 15.5. The number of aromatic nitrogens is 1. The van der Waals surface area contributed by atoms with Gasteiger partial charge in [-0.2, -0.15) is 0 Å². The van der Waals surface area contributed by atoms with Crippen LogP contribution in [0.1, 0.15) is 37.0 Å². The van der Waals surface area contributed by atoms with E-state index in [1.165, 1.54) is 12.1 Å². The lowest BCUT2D eigenvalue weighted by Gasteiger charge is -2.14. The van der Waals surface area contributed by atoms with Gasteiger partial charge in [-0.15, -0.1) is 11.3 Å². The summed E-state index contributed by atoms with van der Waals surface area (Å²) in [5, 5.41) is 9.69. The topological polar surface area (TPSA) is 49.3 Å². The number of nitrogens with zero attached hydrogens (tertiary/aromatic N) is 2. The molecule has 1 heterocycles. The zero-order valence-electron chi connectivity index (χ0n) is 14.7. The summed E-state index contributed by atoms with van der Waals surface area (Å²) in [6.07, 6.45) is 0.812. The van der Waals surface area contributed by atoms with Crippen molar-refractivity contribution in [1.82, 2.24) is 15.6 Å². The fourth-order valence-corrected chi connectivity index (χ4v) is 3.05. The summed E-state index contributed by atoms with van der Waals surface area (Å²) in [4.78, 5) is 8.88. The highest BCUT2D eigenvalue weighted by atomic mass is 32.1. The van der Waals surface area contributed by atoms with Gasteiger partial charge < -0.3 is 10.6 Å². The van der Waals surface area contributed by atoms with Gasteiger partial charge >= 0.3 is 0 Å². The predicted octanol–water partition coefficient (Wildman–Crippen LogP) is 3.49. The lowest BCUT2D eigenvalue weighted by atomic mass is 9.93. The molecule has 0 aliphatic heterocycles. The average Bonchev–Trinajstić information content (AvgIpc) is 3.01. The van der Waals surface area contributed by atoms with Crippen molar-refractivity contribution >= 4 is 17.3 Å². The predicted molar refractivity (Wildman–Crippen MR) is 99.1 cm³/mol. The third kappa shape index (κ3) is 5.60. The first-order valence-electron chi connectivity index (χ1n) is 8.02. The van der Waals surface area contributed by atoms with Crippen LogP contribution in [0.5, 0.6) is 0 Å². The molecule has 2 rings (SSSR count). The van der Waals surface area contributed by atoms with E-state index in [0.717, 1.165) is 35.2 Å². The van der Waals surface area contributed by atoms with Crippen LogP contribution in [-0.4, -0.2) is 24.5 Å². The monoisotopic (exact) mass is 348 g/mol. The van der Waals surface area contributed by atoms with Crippen molar-refractivity contribution in [3.63, 3.8) is 0 Å². The number of nitrogens with one attached hydrogen (secondary N) is 2. The summed E-state index contributed by atoms with van der Waals surface area (Å²) < 4.78 is 12.9. The van der Waals surface area contributed by atoms with Crippen LogP contribution in [0.15, 0.2) is 34.6 Å². The molecule has 1 aromatic carbocycles. The SMILES string of the molecule is CN=C(NCCc1ccc(F)cc1)NCc1nc(C(C)(C)C)cs1. The van der Waals surface area contributed by atoms with Crippen molar-refractivity contribution in [2.45, 2.75) is 39.2 Å². The van der Waals surface area contributed by atoms with Crippen LogP contribution < -0.4 is 10.6 Å². The number of benzene rings is 1. The molecule has 130 valence electrons. The summed E-state index contributed by atoms with van der Waals surface area (Å²) in [6.45, 7) is 7.87. The number of aliphatic imine (C=N–C) groups is 1. The lowest BCUT2D eigenvalue weighted by Crippen LogP contribution is -2.37. The van der Waals surface area contributed by atoms with Crippen LogP contribution in [0.4, 0.5) is 4.39 Å². The molecule has 6 heteroatoms. The lowest BCUT2D eigenvalue weighted by molar-refractivity contribution is 0.570. The van der Waals surface area contributed by atoms with Crippen LogP contribution in [-0.2, 0) is 18.4 Å². The van der Waals surface area contributed by atoms with Crippen molar-refractivity contribution in [2.24, 2.45) is 4.99 Å². The number of rotatable bonds is 5. The molecule has 0 radical (unpaired) electrons. The minimum absolute atomic E-state index is 0.0732. The maximum Gasteiger partial charge on any atom is 0.191 e. The Kier molecular flexibility index (Phi) is 6.31. The van der Waals surface area contributed by atoms with Gasteiger partial charge in [0.15, 0.2) is 5.96 Å². The number of guanidine groups is 1. The molecule has 0 aliphatic carbocycles. The third-order valence-electron chi connectivity index (χ3n) is 3.57. The van der Waals surface area contributed by atoms with Gasteiger partial charge in [0, 0.05) is 24.4 Å². The molecule has 2 N–H and O–H groups in total. The van der Waals surface area contributed by atoms with Gasteiger partial charge in [-0.25, -0.2) is 9.37 Å². The van der Waals surface area contributed by atoms with Gasteiger partial charge in [-0.1, -0.05) is 32.9 Å². The number of halogens is 1. The fraction of sp³-hybridized carbons (Fsp3) is 0.444. The molecule has 0 fully saturated rings. The quantitative estimate of drug-likeness (QED) is 0.642. The van der Waals surface area contributed by atoms with Gasteiger partial charge in [0.25, 0.3) is 0 Å². The summed E-state index contributed by atoms with van der Waals surface area (Å²) in [5.74, 6) is 0.534. The molecule has 0 amide bonds. The van der Waals surface area contributed by atoms with Gasteiger partial charge in [0.05, 0.1) is 12.2 Å². The summed E-state index contributed by atoms with van der Waals surface area (Å²) >= 11 is 1.66. The Morgan fingerprint density at radius 1 is 1.21 bits per heavy atom. The van der Waals surface area contributed by atoms with Crippen LogP contribution >= 0.6 is 11.3 Å². The molecule has 0 atom stereocenters. The fourth-order valence-electron chi connectivity index (χ4n) is 2.09. The standard InChI is InChI=1S/C18H25FN4S/c1-18(2,3)15-12-24-16(23-15)11-22-17(20-4)21-10-9-13-5-7-14(19)8-6-13/h5-8,12H,9-11H2,1-4H3,(H2,20,21,22). The second-order valence-corrected chi connectivity index (χ2v) is 7.55. The molecule has 4 nitrogen and oxygen atoms in total. The number of hydrogen-bond donors (Lipinski definition) is 2. The second kappa shape index (κ2) is 8.24. The van der Waals surface area contributed by atoms with E-state index in [1.54, 1.807) is 30.5 Å². The zero-order chi connectivity index (χ0) is 17.6. The van der Waals surface area contributed by atoms with E-state index in [2.05, 4.69) is 46.8 Å². The molecule has 24 heavy (non-hydrogen) atoms. The maximum absolute atomic E-state index is 12.9. The normalized spacial score (nSPS) is 12.3. The van der Waals surface area contributed by atoms with E-state index in [9.17, 15) is 4.39 Å². The highest BCUT2D eigenvalue weighted by Crippen LogP contribution is 2.23. The minimum atomic E-state index is -0.206. The van der Waals surface area contributed by atoms with E-state index >= 15 is 0 Å². The van der Waals surface area contributed by atoms with Crippen LogP contribution in [0.25, 0.3) is 0 Å². The van der Waals surface area contributed by atoms with Gasteiger partial charge in [-0.3, -0.25) is 4.99 Å². The molecule has 2 aromatic rings. The molecule has 0 saturated carbocycles. The number of thiazole rings is 1. The molecule has 0 saturated heterocycles. The summed E-state index contributed by atoms with van der Waals surface area (Å²) in [5.41, 5.74) is 2.28. The van der Waals surface area contributed by atoms with Crippen molar-refractivity contribution in [3.05, 3.63) is 51.7 Å². The molecular weight excluding hydrogens is 323 g/mol. The second-order valence-electron chi connectivity index (χ2n) is 6.61. The summed E-state index contributed by atoms with van der Waals surface area (Å²) in [7, 11) is 1.75. The maximum atomic E-state index is 12.9. The first kappa shape index (κ1) is 18.4. The van der Waals surface area contributed by atoms with Gasteiger partial charge in [-0.05, 0) is 24.1 Å². The average molecular weight is 348 g/mol. The molecule has 0 unspecified atom stereocenters. The van der Waals surface area contributed by atoms with Crippen molar-refractivity contribution < 1.29 is 4.39 Å². The van der Waals surface area contributed by atoms with Gasteiger partial charge in [0.1, 0.15) is 10.8 Å². The highest BCUT2D eigenvalue weighted by molar-refractivity contribution is 7.09. The summed E-state index contributed by atoms with van der Waals surface area (Å²) in [6, 6.07) is 6.57. The molecule has 1 aromatic heterocycles. The molecule has 0 bridgehead atoms. The Balaban J connectivity index is 1.78. The van der Waals surface area contributed by atoms with E-state index in [-0.39, 0.29) is 11.2 Å². The Labute approximate surface area is 147 Å². The number of hydrogen-bond acceptors (Lipinski definition) is 3. The first-order chi connectivity index (χ1) is 11.4. The molecular formula is C18H25FN4S. The largest absolute Gasteiger partial charge is 0.356 e. The first-order valence-corrected chi connectivity index (χ1v) is 8.90. The van der Waals surface area contributed by atoms with E-state index in [4.69, 9.17) is 0 Å². The Morgan fingerprint density at radius 2 is 1.92 bits per heavy atom. The van der Waals surface area contributed by atoms with Crippen LogP contribution in [0.2, 0.25) is 0 Å². The molecule has 0 spiro atoms. The van der Waals surface area contributed by atoms with Crippen molar-refractivity contribution in [2.75, 3.05) is 13.6 Å². The van der Waals surface area contributed by atoms with Gasteiger partial charge in [0.2, 0.25) is 0 Å². The Morgan fingerprint density at radius 3 is 2.50 bits per heavy atom. The van der Waals surface area contributed by atoms with E-state index in [1.807, 2.05) is 0 Å². The third-order valence-corrected chi connectivity index (χ3v) is 4.42. The smallest absolute Gasteiger partial charge is 0.191 e. The Bertz CT molecular complexity index is 671. The van der Waals surface area contributed by atoms with Crippen molar-refractivity contribution in [1.29, 1.82) is 0 Å². The molecule has 0 aliphatic rings. The highest BCUT2D eigenvalue weighted by Gasteiger charge is 2.17. The van der Waals surface area contributed by atoms with Crippen LogP contribution in [0.3, 0.4) is 0 Å². The van der Waals surface area contributed by atoms with E-state index in [0.29, 0.717) is 6.54 Å². The van der Waals surface area contributed by atoms with Crippen LogP contribution in [0, 0.1) is 5.82 Å². The van der Waals surface area contributed by atoms with E-state index < -0.39 is 0 Å². The Hall–Kier alpha value is -1.95.